The van der Waals surface area contributed by atoms with Crippen molar-refractivity contribution in [1.29, 1.82) is 0 Å². The molecular weight excluding hydrogens is 235 g/mol. The van der Waals surface area contributed by atoms with Crippen molar-refractivity contribution in [3.8, 4) is 5.69 Å². The van der Waals surface area contributed by atoms with E-state index >= 15 is 0 Å². The molecule has 0 aliphatic heterocycles. The van der Waals surface area contributed by atoms with Crippen molar-refractivity contribution in [1.82, 2.24) is 9.55 Å². The van der Waals surface area contributed by atoms with Gasteiger partial charge < -0.3 is 0 Å². The normalized spacial score (nSPS) is 10.3. The fraction of sp³-hybridized carbons (Fsp3) is 0. The van der Waals surface area contributed by atoms with Crippen LogP contribution in [-0.4, -0.2) is 9.55 Å². The molecule has 0 atom stereocenters. The zero-order valence-corrected chi connectivity index (χ0v) is 8.12. The molecule has 1 heterocycles. The average molecular weight is 240 g/mol. The smallest absolute Gasteiger partial charge is 0.181 e. The Balaban J connectivity index is 2.53. The van der Waals surface area contributed by atoms with Crippen LogP contribution in [0.25, 0.3) is 5.69 Å². The summed E-state index contributed by atoms with van der Waals surface area (Å²) in [5.74, 6) is -0.302. The zero-order valence-electron chi connectivity index (χ0n) is 6.54. The molecule has 1 aromatic heterocycles. The monoisotopic (exact) mass is 239 g/mol. The van der Waals surface area contributed by atoms with Crippen LogP contribution < -0.4 is 0 Å². The highest BCUT2D eigenvalue weighted by Crippen LogP contribution is 2.17. The minimum absolute atomic E-state index is 0.302. The lowest BCUT2D eigenvalue weighted by molar-refractivity contribution is 0.617. The molecule has 1 aromatic carbocycles. The number of rotatable bonds is 1. The number of nitrogens with zero attached hydrogens (tertiary/aromatic N) is 2. The summed E-state index contributed by atoms with van der Waals surface area (Å²) < 4.78 is 15.5. The molecule has 4 heteroatoms. The maximum Gasteiger partial charge on any atom is 0.181 e. The predicted octanol–water partition coefficient (Wildman–Crippen LogP) is 2.57. The van der Waals surface area contributed by atoms with Crippen LogP contribution in [0.4, 0.5) is 4.39 Å². The van der Waals surface area contributed by atoms with Crippen molar-refractivity contribution in [2.75, 3.05) is 0 Å². The Labute approximate surface area is 83.2 Å². The van der Waals surface area contributed by atoms with E-state index in [-0.39, 0.29) is 5.82 Å². The molecule has 0 saturated carbocycles. The van der Waals surface area contributed by atoms with E-state index in [0.29, 0.717) is 10.2 Å². The largest absolute Gasteiger partial charge is 0.294 e. The summed E-state index contributed by atoms with van der Waals surface area (Å²) in [4.78, 5) is 3.72. The second-order valence-corrected chi connectivity index (χ2v) is 3.41. The maximum absolute atomic E-state index is 13.3. The Morgan fingerprint density at radius 3 is 2.92 bits per heavy atom. The highest BCUT2D eigenvalue weighted by molar-refractivity contribution is 9.10. The molecule has 2 rings (SSSR count). The summed E-state index contributed by atoms with van der Waals surface area (Å²) >= 11 is 3.18. The summed E-state index contributed by atoms with van der Waals surface area (Å²) in [6.07, 6.45) is 5.83. The van der Waals surface area contributed by atoms with Crippen molar-refractivity contribution >= 4 is 15.9 Å². The summed E-state index contributed by atoms with van der Waals surface area (Å²) in [6, 6.07) is 4.84. The molecular formula is C9H5BrFN2. The number of aromatic nitrogens is 2. The highest BCUT2D eigenvalue weighted by atomic mass is 79.9. The number of hydrogen-bond donors (Lipinski definition) is 0. The predicted molar refractivity (Wildman–Crippen MR) is 50.1 cm³/mol. The molecule has 1 radical (unpaired) electrons. The Kier molecular flexibility index (Phi) is 2.14. The highest BCUT2D eigenvalue weighted by Gasteiger charge is 2.03. The van der Waals surface area contributed by atoms with Crippen molar-refractivity contribution in [2.24, 2.45) is 0 Å². The Morgan fingerprint density at radius 1 is 1.46 bits per heavy atom. The van der Waals surface area contributed by atoms with Gasteiger partial charge in [-0.2, -0.15) is 0 Å². The van der Waals surface area contributed by atoms with Crippen LogP contribution in [0.3, 0.4) is 0 Å². The zero-order chi connectivity index (χ0) is 9.26. The summed E-state index contributed by atoms with van der Waals surface area (Å²) in [5, 5.41) is 0. The molecule has 13 heavy (non-hydrogen) atoms. The number of halogens is 2. The Hall–Kier alpha value is -1.16. The van der Waals surface area contributed by atoms with Gasteiger partial charge >= 0.3 is 0 Å². The van der Waals surface area contributed by atoms with E-state index in [0.717, 1.165) is 0 Å². The molecule has 2 nitrogen and oxygen atoms in total. The first kappa shape index (κ1) is 8.44. The number of benzene rings is 1. The van der Waals surface area contributed by atoms with Crippen LogP contribution in [0.5, 0.6) is 0 Å². The number of hydrogen-bond acceptors (Lipinski definition) is 1. The van der Waals surface area contributed by atoms with Gasteiger partial charge in [0.25, 0.3) is 0 Å². The van der Waals surface area contributed by atoms with Crippen molar-refractivity contribution in [3.63, 3.8) is 0 Å². The number of imidazole rings is 1. The van der Waals surface area contributed by atoms with Gasteiger partial charge in [0.2, 0.25) is 0 Å². The second-order valence-electron chi connectivity index (χ2n) is 2.49. The van der Waals surface area contributed by atoms with Gasteiger partial charge in [-0.3, -0.25) is 4.57 Å². The Morgan fingerprint density at radius 2 is 2.31 bits per heavy atom. The quantitative estimate of drug-likeness (QED) is 0.749. The van der Waals surface area contributed by atoms with Gasteiger partial charge in [-0.1, -0.05) is 15.9 Å². The molecule has 2 aromatic rings. The lowest BCUT2D eigenvalue weighted by Crippen LogP contribution is -1.94. The lowest BCUT2D eigenvalue weighted by Gasteiger charge is -2.02. The van der Waals surface area contributed by atoms with Gasteiger partial charge in [-0.15, -0.1) is 0 Å². The van der Waals surface area contributed by atoms with Gasteiger partial charge in [0.05, 0.1) is 5.69 Å². The van der Waals surface area contributed by atoms with Crippen LogP contribution in [0.2, 0.25) is 0 Å². The van der Waals surface area contributed by atoms with E-state index in [1.165, 1.54) is 10.6 Å². The molecule has 65 valence electrons. The molecule has 0 amide bonds. The maximum atomic E-state index is 13.3. The third-order valence-electron chi connectivity index (χ3n) is 1.63. The van der Waals surface area contributed by atoms with Crippen LogP contribution in [0.1, 0.15) is 0 Å². The molecule has 0 aliphatic carbocycles. The van der Waals surface area contributed by atoms with Crippen molar-refractivity contribution in [2.45, 2.75) is 0 Å². The van der Waals surface area contributed by atoms with Crippen LogP contribution in [0, 0.1) is 12.1 Å². The van der Waals surface area contributed by atoms with Gasteiger partial charge in [0.1, 0.15) is 5.82 Å². The van der Waals surface area contributed by atoms with Crippen LogP contribution in [0.15, 0.2) is 35.1 Å². The molecule has 0 aliphatic rings. The topological polar surface area (TPSA) is 17.8 Å². The third kappa shape index (κ3) is 1.62. The van der Waals surface area contributed by atoms with E-state index < -0.39 is 0 Å². The Bertz CT molecular complexity index is 412. The first-order valence-electron chi connectivity index (χ1n) is 3.64. The SMILES string of the molecule is Fc1cc(Br)ccc1-n1[c]ncc1. The first-order chi connectivity index (χ1) is 6.27. The first-order valence-corrected chi connectivity index (χ1v) is 4.43. The van der Waals surface area contributed by atoms with Gasteiger partial charge in [0, 0.05) is 16.9 Å². The lowest BCUT2D eigenvalue weighted by atomic mass is 10.3. The van der Waals surface area contributed by atoms with E-state index in [1.54, 1.807) is 24.5 Å². The van der Waals surface area contributed by atoms with Crippen LogP contribution in [-0.2, 0) is 0 Å². The molecule has 0 unspecified atom stereocenters. The van der Waals surface area contributed by atoms with Gasteiger partial charge in [0.15, 0.2) is 6.33 Å². The minimum Gasteiger partial charge on any atom is -0.294 e. The van der Waals surface area contributed by atoms with Crippen molar-refractivity contribution in [3.05, 3.63) is 47.2 Å². The van der Waals surface area contributed by atoms with Gasteiger partial charge in [-0.05, 0) is 18.2 Å². The molecule has 0 spiro atoms. The standard InChI is InChI=1S/C9H5BrFN2/c10-7-1-2-9(8(11)5-7)13-4-3-12-6-13/h1-5H. The van der Waals surface area contributed by atoms with Crippen molar-refractivity contribution < 1.29 is 4.39 Å². The van der Waals surface area contributed by atoms with E-state index in [4.69, 9.17) is 0 Å². The summed E-state index contributed by atoms with van der Waals surface area (Å²) in [7, 11) is 0. The van der Waals surface area contributed by atoms with Gasteiger partial charge in [-0.25, -0.2) is 9.37 Å². The fourth-order valence-electron chi connectivity index (χ4n) is 1.04. The van der Waals surface area contributed by atoms with E-state index in [1.807, 2.05) is 0 Å². The molecule has 0 bridgehead atoms. The molecule has 0 saturated heterocycles. The van der Waals surface area contributed by atoms with E-state index in [2.05, 4.69) is 27.2 Å². The third-order valence-corrected chi connectivity index (χ3v) is 2.12. The minimum atomic E-state index is -0.302. The van der Waals surface area contributed by atoms with Crippen LogP contribution >= 0.6 is 15.9 Å². The average Bonchev–Trinajstić information content (AvgIpc) is 2.56. The molecule has 0 N–H and O–H groups in total. The fourth-order valence-corrected chi connectivity index (χ4v) is 1.37. The van der Waals surface area contributed by atoms with E-state index in [9.17, 15) is 4.39 Å². The molecule has 0 fully saturated rings. The summed E-state index contributed by atoms with van der Waals surface area (Å²) in [6.45, 7) is 0. The second kappa shape index (κ2) is 3.30. The summed E-state index contributed by atoms with van der Waals surface area (Å²) in [5.41, 5.74) is 0.445.